The van der Waals surface area contributed by atoms with Crippen molar-refractivity contribution in [2.24, 2.45) is 10.8 Å². The van der Waals surface area contributed by atoms with E-state index in [0.29, 0.717) is 0 Å². The summed E-state index contributed by atoms with van der Waals surface area (Å²) in [7, 11) is -4.10. The van der Waals surface area contributed by atoms with Crippen molar-refractivity contribution in [3.8, 4) is 0 Å². The maximum absolute atomic E-state index is 12.5. The second-order valence-corrected chi connectivity index (χ2v) is 11.1. The van der Waals surface area contributed by atoms with Gasteiger partial charge >= 0.3 is 11.9 Å². The molecule has 1 aliphatic rings. The molecule has 1 fully saturated rings. The van der Waals surface area contributed by atoms with Crippen molar-refractivity contribution in [2.75, 3.05) is 12.9 Å². The molecule has 0 unspecified atom stereocenters. The van der Waals surface area contributed by atoms with E-state index in [0.717, 1.165) is 6.26 Å². The monoisotopic (exact) mass is 467 g/mol. The first kappa shape index (κ1) is 27.3. The van der Waals surface area contributed by atoms with Crippen LogP contribution in [0.15, 0.2) is 0 Å². The smallest absolute Gasteiger partial charge is 0.311 e. The first-order chi connectivity index (χ1) is 13.8. The van der Waals surface area contributed by atoms with E-state index >= 15 is 0 Å². The molecule has 1 rings (SSSR count). The van der Waals surface area contributed by atoms with Crippen molar-refractivity contribution < 1.29 is 46.3 Å². The Bertz CT molecular complexity index is 780. The van der Waals surface area contributed by atoms with Gasteiger partial charge in [0, 0.05) is 6.92 Å². The van der Waals surface area contributed by atoms with Gasteiger partial charge in [-0.2, -0.15) is 8.42 Å². The van der Waals surface area contributed by atoms with Crippen LogP contribution in [0.3, 0.4) is 0 Å². The lowest BCUT2D eigenvalue weighted by atomic mass is 9.94. The highest BCUT2D eigenvalue weighted by Crippen LogP contribution is 2.29. The Balaban J connectivity index is 3.33. The maximum Gasteiger partial charge on any atom is 0.311 e. The van der Waals surface area contributed by atoms with Crippen LogP contribution in [0.4, 0.5) is 0 Å². The van der Waals surface area contributed by atoms with Crippen LogP contribution in [0.5, 0.6) is 0 Å². The third-order valence-corrected chi connectivity index (χ3v) is 4.74. The summed E-state index contributed by atoms with van der Waals surface area (Å²) in [6.45, 7) is 10.3. The third kappa shape index (κ3) is 8.36. The molecule has 1 saturated heterocycles. The van der Waals surface area contributed by atoms with Crippen LogP contribution in [-0.2, 0) is 42.9 Å². The van der Waals surface area contributed by atoms with Crippen molar-refractivity contribution in [1.82, 2.24) is 5.32 Å². The molecule has 0 radical (unpaired) electrons. The molecule has 31 heavy (non-hydrogen) atoms. The van der Waals surface area contributed by atoms with Crippen molar-refractivity contribution in [3.05, 3.63) is 0 Å². The van der Waals surface area contributed by atoms with E-state index in [-0.39, 0.29) is 0 Å². The standard InChI is InChI=1S/C19H33NO10S/c1-10(21)20-12-14(29-17(24)19(5,6)7)13(30-31(8,25)26)11(28-15(12)22)9-27-16(23)18(2,3)4/h11-15,22H,9H2,1-8H3,(H,20,21)/t11-,12-,13-,14-,15-/m1/s1. The fraction of sp³-hybridized carbons (Fsp3) is 0.842. The number of hydrogen-bond acceptors (Lipinski definition) is 10. The van der Waals surface area contributed by atoms with Gasteiger partial charge in [-0.05, 0) is 41.5 Å². The minimum absolute atomic E-state index is 0.482. The molecule has 0 aliphatic carbocycles. The molecule has 0 spiro atoms. The Morgan fingerprint density at radius 2 is 1.52 bits per heavy atom. The number of aliphatic hydroxyl groups excluding tert-OH is 1. The average Bonchev–Trinajstić information content (AvgIpc) is 2.55. The van der Waals surface area contributed by atoms with Gasteiger partial charge in [-0.1, -0.05) is 0 Å². The SMILES string of the molecule is CC(=O)N[C@@H]1[C@@H](OC(=O)C(C)(C)C)[C@H](OS(C)(=O)=O)[C@@H](COC(=O)C(C)(C)C)O[C@H]1O. The molecule has 180 valence electrons. The minimum Gasteiger partial charge on any atom is -0.462 e. The molecule has 5 atom stereocenters. The minimum atomic E-state index is -4.10. The Hall–Kier alpha value is -1.76. The van der Waals surface area contributed by atoms with Gasteiger partial charge in [0.15, 0.2) is 12.4 Å². The molecular weight excluding hydrogens is 434 g/mol. The summed E-state index contributed by atoms with van der Waals surface area (Å²) in [6, 6.07) is -1.33. The van der Waals surface area contributed by atoms with Crippen LogP contribution < -0.4 is 5.32 Å². The number of nitrogens with one attached hydrogen (secondary N) is 1. The quantitative estimate of drug-likeness (QED) is 0.406. The molecule has 2 N–H and O–H groups in total. The van der Waals surface area contributed by atoms with Gasteiger partial charge in [-0.3, -0.25) is 18.6 Å². The van der Waals surface area contributed by atoms with E-state index in [1.54, 1.807) is 41.5 Å². The fourth-order valence-corrected chi connectivity index (χ4v) is 3.21. The molecular formula is C19H33NO10S. The number of ether oxygens (including phenoxy) is 3. The van der Waals surface area contributed by atoms with E-state index in [1.807, 2.05) is 0 Å². The zero-order valence-electron chi connectivity index (χ0n) is 19.1. The summed E-state index contributed by atoms with van der Waals surface area (Å²) in [5, 5.41) is 12.8. The molecule has 0 aromatic rings. The zero-order chi connectivity index (χ0) is 24.4. The normalized spacial score (nSPS) is 27.3. The Morgan fingerprint density at radius 1 is 1.00 bits per heavy atom. The van der Waals surface area contributed by atoms with Crippen LogP contribution >= 0.6 is 0 Å². The highest BCUT2D eigenvalue weighted by molar-refractivity contribution is 7.86. The van der Waals surface area contributed by atoms with Gasteiger partial charge in [-0.25, -0.2) is 0 Å². The molecule has 0 aromatic heterocycles. The number of carbonyl (C=O) groups excluding carboxylic acids is 3. The number of esters is 2. The number of rotatable bonds is 6. The average molecular weight is 468 g/mol. The van der Waals surface area contributed by atoms with E-state index < -0.39 is 76.0 Å². The molecule has 0 bridgehead atoms. The molecule has 1 heterocycles. The van der Waals surface area contributed by atoms with Crippen LogP contribution in [0, 0.1) is 10.8 Å². The summed E-state index contributed by atoms with van der Waals surface area (Å²) in [6.07, 6.45) is -5.17. The summed E-state index contributed by atoms with van der Waals surface area (Å²) in [4.78, 5) is 36.3. The van der Waals surface area contributed by atoms with Crippen LogP contribution in [-0.4, -0.2) is 74.9 Å². The lowest BCUT2D eigenvalue weighted by Gasteiger charge is -2.44. The lowest BCUT2D eigenvalue weighted by Crippen LogP contribution is -2.66. The number of aliphatic hydroxyl groups is 1. The highest BCUT2D eigenvalue weighted by Gasteiger charge is 2.51. The second-order valence-electron chi connectivity index (χ2n) is 9.52. The molecule has 0 saturated carbocycles. The van der Waals surface area contributed by atoms with E-state index in [1.165, 1.54) is 6.92 Å². The van der Waals surface area contributed by atoms with E-state index in [2.05, 4.69) is 5.32 Å². The van der Waals surface area contributed by atoms with Crippen LogP contribution in [0.2, 0.25) is 0 Å². The van der Waals surface area contributed by atoms with E-state index in [4.69, 9.17) is 18.4 Å². The van der Waals surface area contributed by atoms with Gasteiger partial charge in [0.05, 0.1) is 17.1 Å². The summed E-state index contributed by atoms with van der Waals surface area (Å²) < 4.78 is 45.0. The third-order valence-electron chi connectivity index (χ3n) is 4.17. The largest absolute Gasteiger partial charge is 0.462 e. The van der Waals surface area contributed by atoms with Crippen molar-refractivity contribution >= 4 is 28.0 Å². The molecule has 1 aliphatic heterocycles. The summed E-state index contributed by atoms with van der Waals surface area (Å²) in [5.41, 5.74) is -1.83. The summed E-state index contributed by atoms with van der Waals surface area (Å²) in [5.74, 6) is -1.91. The topological polar surface area (TPSA) is 155 Å². The summed E-state index contributed by atoms with van der Waals surface area (Å²) >= 11 is 0. The first-order valence-corrected chi connectivity index (χ1v) is 11.5. The molecule has 0 aromatic carbocycles. The zero-order valence-corrected chi connectivity index (χ0v) is 19.9. The predicted molar refractivity (Wildman–Crippen MR) is 108 cm³/mol. The highest BCUT2D eigenvalue weighted by atomic mass is 32.2. The van der Waals surface area contributed by atoms with Gasteiger partial charge in [0.1, 0.15) is 24.9 Å². The van der Waals surface area contributed by atoms with Crippen LogP contribution in [0.1, 0.15) is 48.5 Å². The van der Waals surface area contributed by atoms with Crippen molar-refractivity contribution in [2.45, 2.75) is 79.1 Å². The van der Waals surface area contributed by atoms with Crippen molar-refractivity contribution in [1.29, 1.82) is 0 Å². The van der Waals surface area contributed by atoms with Gasteiger partial charge in [0.25, 0.3) is 10.1 Å². The lowest BCUT2D eigenvalue weighted by molar-refractivity contribution is -0.257. The Labute approximate surface area is 182 Å². The fourth-order valence-electron chi connectivity index (χ4n) is 2.58. The molecule has 11 nitrogen and oxygen atoms in total. The number of amides is 1. The van der Waals surface area contributed by atoms with Gasteiger partial charge < -0.3 is 24.6 Å². The molecule has 1 amide bonds. The van der Waals surface area contributed by atoms with E-state index in [9.17, 15) is 27.9 Å². The van der Waals surface area contributed by atoms with Gasteiger partial charge in [-0.15, -0.1) is 0 Å². The Morgan fingerprint density at radius 3 is 1.94 bits per heavy atom. The number of hydrogen-bond donors (Lipinski definition) is 2. The second kappa shape index (κ2) is 9.80. The Kier molecular flexibility index (Phi) is 8.62. The van der Waals surface area contributed by atoms with Crippen molar-refractivity contribution in [3.63, 3.8) is 0 Å². The van der Waals surface area contributed by atoms with Gasteiger partial charge in [0.2, 0.25) is 5.91 Å². The maximum atomic E-state index is 12.5. The molecule has 12 heteroatoms. The van der Waals surface area contributed by atoms with Crippen LogP contribution in [0.25, 0.3) is 0 Å². The predicted octanol–water partition coefficient (Wildman–Crippen LogP) is 0.100. The number of carbonyl (C=O) groups is 3. The first-order valence-electron chi connectivity index (χ1n) is 9.70.